The van der Waals surface area contributed by atoms with E-state index in [1.165, 1.54) is 0 Å². The lowest BCUT2D eigenvalue weighted by molar-refractivity contribution is -0.118. The second-order valence-electron chi connectivity index (χ2n) is 4.97. The maximum absolute atomic E-state index is 12.0. The number of nitrogens with one attached hydrogen (secondary N) is 1. The summed E-state index contributed by atoms with van der Waals surface area (Å²) in [5, 5.41) is 2.86. The van der Waals surface area contributed by atoms with Crippen LogP contribution < -0.4 is 5.32 Å². The Hall–Kier alpha value is -0.900. The van der Waals surface area contributed by atoms with Crippen LogP contribution in [0.3, 0.4) is 0 Å². The normalized spacial score (nSPS) is 30.2. The molecule has 0 bridgehead atoms. The first-order chi connectivity index (χ1) is 6.97. The van der Waals surface area contributed by atoms with E-state index in [-0.39, 0.29) is 16.7 Å². The summed E-state index contributed by atoms with van der Waals surface area (Å²) in [6.45, 7) is 4.26. The van der Waals surface area contributed by atoms with E-state index in [2.05, 4.69) is 40.1 Å². The van der Waals surface area contributed by atoms with Crippen molar-refractivity contribution < 1.29 is 4.79 Å². The molecule has 1 aromatic rings. The van der Waals surface area contributed by atoms with Crippen LogP contribution >= 0.6 is 15.9 Å². The standard InChI is InChI=1S/C11H11BrN2O/c1-10(2)5-11(10)7-3-6(12)4-13-8(7)14-9(11)15/h3-4H,5H2,1-2H3,(H,13,14,15). The summed E-state index contributed by atoms with van der Waals surface area (Å²) in [7, 11) is 0. The summed E-state index contributed by atoms with van der Waals surface area (Å²) >= 11 is 3.40. The number of anilines is 1. The Bertz CT molecular complexity index is 483. The fourth-order valence-corrected chi connectivity index (χ4v) is 3.00. The number of hydrogen-bond donors (Lipinski definition) is 1. The van der Waals surface area contributed by atoms with Crippen molar-refractivity contribution in [1.82, 2.24) is 4.98 Å². The lowest BCUT2D eigenvalue weighted by atomic mass is 9.90. The van der Waals surface area contributed by atoms with Gasteiger partial charge in [0.15, 0.2) is 0 Å². The molecule has 1 saturated carbocycles. The van der Waals surface area contributed by atoms with Crippen LogP contribution in [0.1, 0.15) is 25.8 Å². The summed E-state index contributed by atoms with van der Waals surface area (Å²) in [6, 6.07) is 2.01. The zero-order valence-corrected chi connectivity index (χ0v) is 10.2. The van der Waals surface area contributed by atoms with Crippen molar-refractivity contribution in [2.75, 3.05) is 5.32 Å². The summed E-state index contributed by atoms with van der Waals surface area (Å²) in [4.78, 5) is 16.2. The van der Waals surface area contributed by atoms with Crippen molar-refractivity contribution in [2.45, 2.75) is 25.7 Å². The van der Waals surface area contributed by atoms with E-state index in [4.69, 9.17) is 0 Å². The minimum atomic E-state index is -0.320. The quantitative estimate of drug-likeness (QED) is 0.784. The number of aromatic nitrogens is 1. The number of halogens is 1. The topological polar surface area (TPSA) is 42.0 Å². The van der Waals surface area contributed by atoms with Gasteiger partial charge >= 0.3 is 0 Å². The van der Waals surface area contributed by atoms with E-state index in [1.807, 2.05) is 6.07 Å². The van der Waals surface area contributed by atoms with Crippen LogP contribution in [-0.4, -0.2) is 10.9 Å². The SMILES string of the molecule is CC1(C)CC12C(=O)Nc1ncc(Br)cc12. The van der Waals surface area contributed by atoms with Gasteiger partial charge in [0.25, 0.3) is 0 Å². The third-order valence-corrected chi connectivity index (χ3v) is 4.10. The molecule has 3 rings (SSSR count). The zero-order valence-electron chi connectivity index (χ0n) is 8.60. The summed E-state index contributed by atoms with van der Waals surface area (Å²) in [5.74, 6) is 0.835. The number of hydrogen-bond acceptors (Lipinski definition) is 2. The second-order valence-corrected chi connectivity index (χ2v) is 5.89. The van der Waals surface area contributed by atoms with Crippen LogP contribution in [-0.2, 0) is 10.2 Å². The highest BCUT2D eigenvalue weighted by Crippen LogP contribution is 2.68. The van der Waals surface area contributed by atoms with Crippen molar-refractivity contribution in [3.8, 4) is 0 Å². The molecule has 1 spiro atoms. The molecule has 1 aliphatic carbocycles. The molecular weight excluding hydrogens is 256 g/mol. The molecule has 0 saturated heterocycles. The van der Waals surface area contributed by atoms with Crippen LogP contribution in [0.25, 0.3) is 0 Å². The third kappa shape index (κ3) is 0.956. The van der Waals surface area contributed by atoms with Gasteiger partial charge in [0.1, 0.15) is 5.82 Å². The van der Waals surface area contributed by atoms with E-state index in [9.17, 15) is 4.79 Å². The Morgan fingerprint density at radius 2 is 2.20 bits per heavy atom. The van der Waals surface area contributed by atoms with Crippen LogP contribution in [0, 0.1) is 5.41 Å². The molecule has 1 aromatic heterocycles. The van der Waals surface area contributed by atoms with E-state index in [0.29, 0.717) is 0 Å². The smallest absolute Gasteiger partial charge is 0.236 e. The highest BCUT2D eigenvalue weighted by molar-refractivity contribution is 9.10. The molecule has 1 atom stereocenters. The molecule has 0 aromatic carbocycles. The number of carbonyl (C=O) groups excluding carboxylic acids is 1. The Morgan fingerprint density at radius 3 is 2.80 bits per heavy atom. The molecule has 2 aliphatic rings. The number of nitrogens with zero attached hydrogens (tertiary/aromatic N) is 1. The van der Waals surface area contributed by atoms with Crippen LogP contribution in [0.4, 0.5) is 5.82 Å². The van der Waals surface area contributed by atoms with E-state index < -0.39 is 0 Å². The minimum absolute atomic E-state index is 0.0603. The number of amides is 1. The Kier molecular flexibility index (Phi) is 1.51. The van der Waals surface area contributed by atoms with Crippen LogP contribution in [0.2, 0.25) is 0 Å². The Balaban J connectivity index is 2.23. The molecule has 1 N–H and O–H groups in total. The maximum atomic E-state index is 12.0. The van der Waals surface area contributed by atoms with E-state index >= 15 is 0 Å². The predicted octanol–water partition coefficient (Wildman–Crippen LogP) is 2.46. The monoisotopic (exact) mass is 266 g/mol. The van der Waals surface area contributed by atoms with Gasteiger partial charge in [0, 0.05) is 16.2 Å². The summed E-state index contributed by atoms with van der Waals surface area (Å²) in [6.07, 6.45) is 2.63. The number of rotatable bonds is 0. The van der Waals surface area contributed by atoms with Gasteiger partial charge in [-0.3, -0.25) is 4.79 Å². The Labute approximate surface area is 96.4 Å². The summed E-state index contributed by atoms with van der Waals surface area (Å²) < 4.78 is 0.930. The molecule has 78 valence electrons. The second kappa shape index (κ2) is 2.43. The van der Waals surface area contributed by atoms with Crippen molar-refractivity contribution in [2.24, 2.45) is 5.41 Å². The number of carbonyl (C=O) groups is 1. The highest BCUT2D eigenvalue weighted by atomic mass is 79.9. The molecule has 2 heterocycles. The average molecular weight is 267 g/mol. The molecule has 1 fully saturated rings. The molecule has 1 unspecified atom stereocenters. The largest absolute Gasteiger partial charge is 0.310 e. The van der Waals surface area contributed by atoms with Crippen LogP contribution in [0.5, 0.6) is 0 Å². The lowest BCUT2D eigenvalue weighted by Gasteiger charge is -2.11. The fourth-order valence-electron chi connectivity index (χ4n) is 2.67. The third-order valence-electron chi connectivity index (χ3n) is 3.67. The van der Waals surface area contributed by atoms with Gasteiger partial charge in [-0.1, -0.05) is 13.8 Å². The van der Waals surface area contributed by atoms with Gasteiger partial charge in [-0.15, -0.1) is 0 Å². The molecule has 1 aliphatic heterocycles. The molecule has 1 amide bonds. The predicted molar refractivity (Wildman–Crippen MR) is 60.6 cm³/mol. The maximum Gasteiger partial charge on any atom is 0.236 e. The molecule has 15 heavy (non-hydrogen) atoms. The highest BCUT2D eigenvalue weighted by Gasteiger charge is 2.70. The van der Waals surface area contributed by atoms with Crippen molar-refractivity contribution in [1.29, 1.82) is 0 Å². The zero-order chi connectivity index (χ0) is 10.8. The first-order valence-electron chi connectivity index (χ1n) is 4.95. The van der Waals surface area contributed by atoms with Gasteiger partial charge < -0.3 is 5.32 Å². The molecular formula is C11H11BrN2O. The van der Waals surface area contributed by atoms with Crippen molar-refractivity contribution in [3.05, 3.63) is 22.3 Å². The van der Waals surface area contributed by atoms with Crippen molar-refractivity contribution in [3.63, 3.8) is 0 Å². The molecule has 0 radical (unpaired) electrons. The summed E-state index contributed by atoms with van der Waals surface area (Å²) in [5.41, 5.74) is 0.788. The van der Waals surface area contributed by atoms with E-state index in [0.717, 1.165) is 22.3 Å². The van der Waals surface area contributed by atoms with Gasteiger partial charge in [-0.25, -0.2) is 4.98 Å². The van der Waals surface area contributed by atoms with Gasteiger partial charge in [0.2, 0.25) is 5.91 Å². The van der Waals surface area contributed by atoms with Gasteiger partial charge in [-0.05, 0) is 33.8 Å². The van der Waals surface area contributed by atoms with Gasteiger partial charge in [-0.2, -0.15) is 0 Å². The van der Waals surface area contributed by atoms with Gasteiger partial charge in [0.05, 0.1) is 5.41 Å². The number of fused-ring (bicyclic) bond motifs is 2. The van der Waals surface area contributed by atoms with Crippen molar-refractivity contribution >= 4 is 27.7 Å². The average Bonchev–Trinajstić information content (AvgIpc) is 2.63. The fraction of sp³-hybridized carbons (Fsp3) is 0.455. The van der Waals surface area contributed by atoms with Crippen LogP contribution in [0.15, 0.2) is 16.7 Å². The first-order valence-corrected chi connectivity index (χ1v) is 5.74. The van der Waals surface area contributed by atoms with E-state index in [1.54, 1.807) is 6.20 Å². The lowest BCUT2D eigenvalue weighted by Crippen LogP contribution is -2.24. The minimum Gasteiger partial charge on any atom is -0.310 e. The Morgan fingerprint density at radius 1 is 1.53 bits per heavy atom. The first kappa shape index (κ1) is 9.33. The molecule has 4 heteroatoms. The number of pyridine rings is 1. The molecule has 3 nitrogen and oxygen atoms in total.